The molecule has 0 saturated carbocycles. The van der Waals surface area contributed by atoms with Crippen molar-refractivity contribution in [1.29, 1.82) is 0 Å². The van der Waals surface area contributed by atoms with Gasteiger partial charge in [0, 0.05) is 45.5 Å². The molecule has 1 aromatic rings. The Morgan fingerprint density at radius 1 is 1.18 bits per heavy atom. The van der Waals surface area contributed by atoms with Crippen LogP contribution in [0.15, 0.2) is 29.3 Å². The quantitative estimate of drug-likeness (QED) is 0.371. The normalized spacial score (nSPS) is 21.8. The number of hydrogen-bond acceptors (Lipinski definition) is 5. The Bertz CT molecular complexity index is 775. The van der Waals surface area contributed by atoms with Gasteiger partial charge in [0.15, 0.2) is 15.8 Å². The van der Waals surface area contributed by atoms with Gasteiger partial charge < -0.3 is 19.9 Å². The molecular formula is C19H31IN4O3S. The summed E-state index contributed by atoms with van der Waals surface area (Å²) in [5, 5.41) is 3.37. The molecule has 0 aliphatic carbocycles. The van der Waals surface area contributed by atoms with Gasteiger partial charge in [-0.2, -0.15) is 0 Å². The number of nitrogens with zero attached hydrogens (tertiary/aromatic N) is 3. The maximum absolute atomic E-state index is 12.2. The van der Waals surface area contributed by atoms with Gasteiger partial charge in [-0.05, 0) is 31.5 Å². The average molecular weight is 522 g/mol. The molecule has 2 fully saturated rings. The van der Waals surface area contributed by atoms with Crippen LogP contribution in [0, 0.1) is 0 Å². The highest BCUT2D eigenvalue weighted by molar-refractivity contribution is 14.0. The van der Waals surface area contributed by atoms with E-state index in [1.807, 2.05) is 4.90 Å². The number of ether oxygens (including phenoxy) is 1. The first-order chi connectivity index (χ1) is 12.8. The third-order valence-electron chi connectivity index (χ3n) is 5.32. The number of benzene rings is 1. The zero-order valence-electron chi connectivity index (χ0n) is 16.8. The number of hydrogen-bond donors (Lipinski definition) is 1. The van der Waals surface area contributed by atoms with Crippen molar-refractivity contribution in [2.75, 3.05) is 57.1 Å². The summed E-state index contributed by atoms with van der Waals surface area (Å²) >= 11 is 0. The van der Waals surface area contributed by atoms with Gasteiger partial charge in [0.2, 0.25) is 0 Å². The second-order valence-corrected chi connectivity index (χ2v) is 10.4. The summed E-state index contributed by atoms with van der Waals surface area (Å²) in [7, 11) is -1.32. The number of rotatable bonds is 3. The Hall–Kier alpha value is -1.07. The number of sulfone groups is 1. The fourth-order valence-corrected chi connectivity index (χ4v) is 4.85. The van der Waals surface area contributed by atoms with Crippen molar-refractivity contribution < 1.29 is 13.2 Å². The molecule has 0 aromatic heterocycles. The van der Waals surface area contributed by atoms with E-state index in [-0.39, 0.29) is 29.7 Å². The maximum atomic E-state index is 12.2. The second kappa shape index (κ2) is 9.62. The molecule has 9 heteroatoms. The molecule has 7 nitrogen and oxygen atoms in total. The Balaban J connectivity index is 0.00000280. The minimum absolute atomic E-state index is 0. The van der Waals surface area contributed by atoms with Gasteiger partial charge in [-0.25, -0.2) is 8.42 Å². The standard InChI is InChI=1S/C19H30N4O3S.HI/c1-19(2)15-23(10-13-27(19,24)25)18(20-3)21-14-16-4-6-17(7-5-16)22-8-11-26-12-9-22;/h4-7H,8-15H2,1-3H3,(H,20,21);1H. The summed E-state index contributed by atoms with van der Waals surface area (Å²) in [5.74, 6) is 0.907. The monoisotopic (exact) mass is 522 g/mol. The lowest BCUT2D eigenvalue weighted by atomic mass is 10.2. The van der Waals surface area contributed by atoms with Crippen LogP contribution < -0.4 is 10.2 Å². The molecule has 158 valence electrons. The lowest BCUT2D eigenvalue weighted by molar-refractivity contribution is 0.122. The van der Waals surface area contributed by atoms with Gasteiger partial charge in [0.25, 0.3) is 0 Å². The van der Waals surface area contributed by atoms with E-state index in [1.165, 1.54) is 5.69 Å². The molecule has 2 aliphatic rings. The highest BCUT2D eigenvalue weighted by Crippen LogP contribution is 2.24. The smallest absolute Gasteiger partial charge is 0.193 e. The van der Waals surface area contributed by atoms with Crippen LogP contribution in [0.4, 0.5) is 5.69 Å². The highest BCUT2D eigenvalue weighted by atomic mass is 127. The molecular weight excluding hydrogens is 491 g/mol. The number of morpholine rings is 1. The molecule has 2 heterocycles. The number of aliphatic imine (C=N–C) groups is 1. The van der Waals surface area contributed by atoms with Crippen molar-refractivity contribution in [3.05, 3.63) is 29.8 Å². The summed E-state index contributed by atoms with van der Waals surface area (Å²) in [4.78, 5) is 8.71. The van der Waals surface area contributed by atoms with Gasteiger partial charge in [0.1, 0.15) is 0 Å². The predicted octanol–water partition coefficient (Wildman–Crippen LogP) is 1.73. The van der Waals surface area contributed by atoms with Crippen LogP contribution in [0.25, 0.3) is 0 Å². The van der Waals surface area contributed by atoms with Crippen molar-refractivity contribution in [2.24, 2.45) is 4.99 Å². The van der Waals surface area contributed by atoms with Crippen LogP contribution in [0.1, 0.15) is 19.4 Å². The molecule has 1 aromatic carbocycles. The van der Waals surface area contributed by atoms with Crippen molar-refractivity contribution in [3.63, 3.8) is 0 Å². The first-order valence-electron chi connectivity index (χ1n) is 9.42. The van der Waals surface area contributed by atoms with Gasteiger partial charge >= 0.3 is 0 Å². The molecule has 3 rings (SSSR count). The number of guanidine groups is 1. The van der Waals surface area contributed by atoms with Crippen LogP contribution in [0.3, 0.4) is 0 Å². The van der Waals surface area contributed by atoms with E-state index in [0.717, 1.165) is 37.8 Å². The summed E-state index contributed by atoms with van der Waals surface area (Å²) in [6.07, 6.45) is 0. The molecule has 28 heavy (non-hydrogen) atoms. The zero-order chi connectivity index (χ0) is 19.5. The number of anilines is 1. The molecule has 0 atom stereocenters. The van der Waals surface area contributed by atoms with Crippen molar-refractivity contribution >= 4 is 45.5 Å². The van der Waals surface area contributed by atoms with Gasteiger partial charge in [-0.15, -0.1) is 24.0 Å². The van der Waals surface area contributed by atoms with Crippen LogP contribution >= 0.6 is 24.0 Å². The van der Waals surface area contributed by atoms with E-state index in [0.29, 0.717) is 19.6 Å². The van der Waals surface area contributed by atoms with E-state index in [9.17, 15) is 8.42 Å². The molecule has 2 saturated heterocycles. The molecule has 0 unspecified atom stereocenters. The number of nitrogens with one attached hydrogen (secondary N) is 1. The van der Waals surface area contributed by atoms with E-state index >= 15 is 0 Å². The van der Waals surface area contributed by atoms with Crippen LogP contribution in [0.2, 0.25) is 0 Å². The predicted molar refractivity (Wildman–Crippen MR) is 125 cm³/mol. The van der Waals surface area contributed by atoms with Crippen molar-refractivity contribution in [3.8, 4) is 0 Å². The first-order valence-corrected chi connectivity index (χ1v) is 11.1. The fourth-order valence-electron chi connectivity index (χ4n) is 3.48. The molecule has 0 amide bonds. The van der Waals surface area contributed by atoms with Crippen LogP contribution in [-0.4, -0.2) is 76.2 Å². The second-order valence-electron chi connectivity index (χ2n) is 7.67. The van der Waals surface area contributed by atoms with Crippen LogP contribution in [0.5, 0.6) is 0 Å². The summed E-state index contributed by atoms with van der Waals surface area (Å²) in [6, 6.07) is 8.52. The highest BCUT2D eigenvalue weighted by Gasteiger charge is 2.40. The summed E-state index contributed by atoms with van der Waals surface area (Å²) in [6.45, 7) is 8.56. The Morgan fingerprint density at radius 2 is 1.82 bits per heavy atom. The third kappa shape index (κ3) is 5.29. The zero-order valence-corrected chi connectivity index (χ0v) is 20.0. The average Bonchev–Trinajstić information content (AvgIpc) is 2.66. The molecule has 0 spiro atoms. The Labute approximate surface area is 185 Å². The largest absolute Gasteiger partial charge is 0.378 e. The van der Waals surface area contributed by atoms with Crippen molar-refractivity contribution in [1.82, 2.24) is 10.2 Å². The Kier molecular flexibility index (Phi) is 7.97. The lowest BCUT2D eigenvalue weighted by Crippen LogP contribution is -2.57. The van der Waals surface area contributed by atoms with Gasteiger partial charge in [-0.3, -0.25) is 4.99 Å². The minimum Gasteiger partial charge on any atom is -0.378 e. The minimum atomic E-state index is -3.06. The molecule has 0 bridgehead atoms. The summed E-state index contributed by atoms with van der Waals surface area (Å²) in [5.41, 5.74) is 2.38. The van der Waals surface area contributed by atoms with E-state index in [1.54, 1.807) is 20.9 Å². The molecule has 1 N–H and O–H groups in total. The summed E-state index contributed by atoms with van der Waals surface area (Å²) < 4.78 is 29.0. The van der Waals surface area contributed by atoms with E-state index < -0.39 is 14.6 Å². The van der Waals surface area contributed by atoms with Crippen LogP contribution in [-0.2, 0) is 21.1 Å². The van der Waals surface area contributed by atoms with E-state index in [2.05, 4.69) is 39.5 Å². The number of halogens is 1. The SMILES string of the molecule is CN=C(NCc1ccc(N2CCOCC2)cc1)N1CCS(=O)(=O)C(C)(C)C1.I. The van der Waals surface area contributed by atoms with Gasteiger partial charge in [-0.1, -0.05) is 12.1 Å². The molecule has 0 radical (unpaired) electrons. The third-order valence-corrected chi connectivity index (χ3v) is 7.85. The topological polar surface area (TPSA) is 74.2 Å². The maximum Gasteiger partial charge on any atom is 0.193 e. The fraction of sp³-hybridized carbons (Fsp3) is 0.632. The van der Waals surface area contributed by atoms with Gasteiger partial charge in [0.05, 0.1) is 23.7 Å². The Morgan fingerprint density at radius 3 is 2.39 bits per heavy atom. The van der Waals surface area contributed by atoms with Crippen molar-refractivity contribution in [2.45, 2.75) is 25.1 Å². The molecule has 2 aliphatic heterocycles. The van der Waals surface area contributed by atoms with E-state index in [4.69, 9.17) is 4.74 Å². The lowest BCUT2D eigenvalue weighted by Gasteiger charge is -2.39. The first kappa shape index (κ1) is 23.2.